The minimum Gasteiger partial charge on any atom is -0.326 e. The molecule has 2 N–H and O–H groups in total. The first kappa shape index (κ1) is 12.9. The Balaban J connectivity index is 1.65. The Bertz CT molecular complexity index is 281. The third kappa shape index (κ3) is 2.91. The molecule has 3 fully saturated rings. The molecular weight excluding hydrogens is 220 g/mol. The third-order valence-corrected chi connectivity index (χ3v) is 5.46. The van der Waals surface area contributed by atoms with E-state index >= 15 is 0 Å². The molecule has 0 saturated heterocycles. The number of hydrogen-bond acceptors (Lipinski definition) is 2. The fourth-order valence-electron chi connectivity index (χ4n) is 3.75. The predicted molar refractivity (Wildman–Crippen MR) is 76.4 cm³/mol. The summed E-state index contributed by atoms with van der Waals surface area (Å²) < 4.78 is 0. The van der Waals surface area contributed by atoms with Gasteiger partial charge in [0.25, 0.3) is 0 Å². The molecule has 0 aliphatic heterocycles. The molecule has 3 rings (SSSR count). The van der Waals surface area contributed by atoms with Gasteiger partial charge >= 0.3 is 0 Å². The van der Waals surface area contributed by atoms with E-state index in [0.29, 0.717) is 12.1 Å². The zero-order chi connectivity index (χ0) is 12.7. The molecule has 2 heteroatoms. The van der Waals surface area contributed by atoms with Crippen molar-refractivity contribution in [1.29, 1.82) is 0 Å². The van der Waals surface area contributed by atoms with Gasteiger partial charge in [0, 0.05) is 24.7 Å². The molecule has 3 unspecified atom stereocenters. The van der Waals surface area contributed by atoms with Gasteiger partial charge in [0.1, 0.15) is 0 Å². The van der Waals surface area contributed by atoms with Crippen LogP contribution in [-0.4, -0.2) is 29.6 Å². The van der Waals surface area contributed by atoms with Crippen LogP contribution in [0.1, 0.15) is 58.8 Å². The lowest BCUT2D eigenvalue weighted by molar-refractivity contribution is 0.0858. The third-order valence-electron chi connectivity index (χ3n) is 5.46. The van der Waals surface area contributed by atoms with E-state index < -0.39 is 0 Å². The summed E-state index contributed by atoms with van der Waals surface area (Å²) in [5.41, 5.74) is 6.46. The lowest BCUT2D eigenvalue weighted by atomic mass is 9.76. The van der Waals surface area contributed by atoms with Crippen molar-refractivity contribution in [2.24, 2.45) is 23.5 Å². The fourth-order valence-corrected chi connectivity index (χ4v) is 3.75. The molecule has 3 atom stereocenters. The number of nitrogens with zero attached hydrogens (tertiary/aromatic N) is 1. The van der Waals surface area contributed by atoms with Gasteiger partial charge in [-0.25, -0.2) is 0 Å². The van der Waals surface area contributed by atoms with E-state index in [2.05, 4.69) is 18.7 Å². The first-order valence-corrected chi connectivity index (χ1v) is 8.16. The van der Waals surface area contributed by atoms with Crippen LogP contribution in [0.25, 0.3) is 0 Å². The van der Waals surface area contributed by atoms with Crippen molar-refractivity contribution in [3.8, 4) is 0 Å². The Hall–Kier alpha value is -0.0800. The molecule has 0 heterocycles. The van der Waals surface area contributed by atoms with E-state index in [-0.39, 0.29) is 0 Å². The van der Waals surface area contributed by atoms with Gasteiger partial charge in [-0.1, -0.05) is 13.8 Å². The summed E-state index contributed by atoms with van der Waals surface area (Å²) in [6.07, 6.45) is 9.78. The highest BCUT2D eigenvalue weighted by molar-refractivity contribution is 4.98. The van der Waals surface area contributed by atoms with Gasteiger partial charge in [0.05, 0.1) is 0 Å². The minimum absolute atomic E-state index is 0.444. The Morgan fingerprint density at radius 3 is 2.33 bits per heavy atom. The summed E-state index contributed by atoms with van der Waals surface area (Å²) in [7, 11) is 0. The van der Waals surface area contributed by atoms with Crippen LogP contribution in [0.5, 0.6) is 0 Å². The van der Waals surface area contributed by atoms with Gasteiger partial charge in [-0.3, -0.25) is 4.90 Å². The monoisotopic (exact) mass is 250 g/mol. The van der Waals surface area contributed by atoms with E-state index in [1.807, 2.05) is 0 Å². The Morgan fingerprint density at radius 1 is 1.06 bits per heavy atom. The average molecular weight is 250 g/mol. The highest BCUT2D eigenvalue weighted by Crippen LogP contribution is 2.40. The van der Waals surface area contributed by atoms with Crippen molar-refractivity contribution >= 4 is 0 Å². The van der Waals surface area contributed by atoms with Gasteiger partial charge in [-0.15, -0.1) is 0 Å². The quantitative estimate of drug-likeness (QED) is 0.812. The summed E-state index contributed by atoms with van der Waals surface area (Å²) in [6.45, 7) is 6.13. The summed E-state index contributed by atoms with van der Waals surface area (Å²) in [5, 5.41) is 0. The summed E-state index contributed by atoms with van der Waals surface area (Å²) in [6, 6.07) is 2.03. The van der Waals surface area contributed by atoms with Gasteiger partial charge in [-0.2, -0.15) is 0 Å². The second-order valence-electron chi connectivity index (χ2n) is 7.42. The van der Waals surface area contributed by atoms with Crippen molar-refractivity contribution in [1.82, 2.24) is 4.90 Å². The van der Waals surface area contributed by atoms with Gasteiger partial charge in [-0.05, 0) is 62.7 Å². The van der Waals surface area contributed by atoms with E-state index in [1.165, 1.54) is 51.5 Å². The van der Waals surface area contributed by atoms with Gasteiger partial charge in [0.2, 0.25) is 0 Å². The Labute approximate surface area is 112 Å². The molecule has 0 spiro atoms. The Morgan fingerprint density at radius 2 is 1.78 bits per heavy atom. The van der Waals surface area contributed by atoms with Crippen LogP contribution in [-0.2, 0) is 0 Å². The van der Waals surface area contributed by atoms with Crippen molar-refractivity contribution in [3.05, 3.63) is 0 Å². The van der Waals surface area contributed by atoms with Crippen LogP contribution < -0.4 is 5.73 Å². The van der Waals surface area contributed by atoms with E-state index in [0.717, 1.165) is 23.8 Å². The summed E-state index contributed by atoms with van der Waals surface area (Å²) in [5.74, 6) is 2.76. The first-order valence-electron chi connectivity index (χ1n) is 8.16. The molecule has 0 aromatic carbocycles. The molecule has 18 heavy (non-hydrogen) atoms. The van der Waals surface area contributed by atoms with E-state index in [9.17, 15) is 0 Å². The number of hydrogen-bond donors (Lipinski definition) is 1. The second kappa shape index (κ2) is 5.13. The topological polar surface area (TPSA) is 29.3 Å². The molecule has 0 amide bonds. The van der Waals surface area contributed by atoms with Crippen LogP contribution in [0.2, 0.25) is 0 Å². The lowest BCUT2D eigenvalue weighted by Gasteiger charge is -2.43. The highest BCUT2D eigenvalue weighted by atomic mass is 15.2. The van der Waals surface area contributed by atoms with E-state index in [1.54, 1.807) is 0 Å². The largest absolute Gasteiger partial charge is 0.326 e. The molecule has 3 aliphatic carbocycles. The zero-order valence-corrected chi connectivity index (χ0v) is 12.1. The van der Waals surface area contributed by atoms with Gasteiger partial charge < -0.3 is 5.73 Å². The SMILES string of the molecule is CC(C)C1CCC(N)C(N(CC2CC2)C2CC2)C1. The molecule has 0 aromatic rings. The fraction of sp³-hybridized carbons (Fsp3) is 1.00. The maximum Gasteiger partial charge on any atom is 0.0252 e. The standard InChI is InChI=1S/C16H30N2/c1-11(2)13-5-8-15(17)16(9-13)18(14-6-7-14)10-12-3-4-12/h11-16H,3-10,17H2,1-2H3. The molecule has 3 saturated carbocycles. The predicted octanol–water partition coefficient (Wildman–Crippen LogP) is 3.01. The number of rotatable bonds is 5. The maximum absolute atomic E-state index is 6.46. The normalized spacial score (nSPS) is 37.5. The molecule has 0 aromatic heterocycles. The van der Waals surface area contributed by atoms with Crippen LogP contribution in [0.3, 0.4) is 0 Å². The van der Waals surface area contributed by atoms with Crippen molar-refractivity contribution in [2.75, 3.05) is 6.54 Å². The van der Waals surface area contributed by atoms with Crippen LogP contribution >= 0.6 is 0 Å². The molecule has 0 bridgehead atoms. The molecule has 3 aliphatic rings. The Kier molecular flexibility index (Phi) is 3.68. The van der Waals surface area contributed by atoms with Crippen LogP contribution in [0, 0.1) is 17.8 Å². The summed E-state index contributed by atoms with van der Waals surface area (Å²) in [4.78, 5) is 2.83. The maximum atomic E-state index is 6.46. The molecule has 0 radical (unpaired) electrons. The van der Waals surface area contributed by atoms with Crippen LogP contribution in [0.4, 0.5) is 0 Å². The van der Waals surface area contributed by atoms with E-state index in [4.69, 9.17) is 5.73 Å². The van der Waals surface area contributed by atoms with Gasteiger partial charge in [0.15, 0.2) is 0 Å². The van der Waals surface area contributed by atoms with Crippen LogP contribution in [0.15, 0.2) is 0 Å². The lowest BCUT2D eigenvalue weighted by Crippen LogP contribution is -2.53. The molecular formula is C16H30N2. The number of nitrogens with two attached hydrogens (primary N) is 1. The smallest absolute Gasteiger partial charge is 0.0252 e. The molecule has 2 nitrogen and oxygen atoms in total. The highest BCUT2D eigenvalue weighted by Gasteiger charge is 2.41. The average Bonchev–Trinajstić information content (AvgIpc) is 3.20. The van der Waals surface area contributed by atoms with Crippen molar-refractivity contribution in [3.63, 3.8) is 0 Å². The first-order chi connectivity index (χ1) is 8.65. The zero-order valence-electron chi connectivity index (χ0n) is 12.1. The summed E-state index contributed by atoms with van der Waals surface area (Å²) >= 11 is 0. The second-order valence-corrected chi connectivity index (χ2v) is 7.42. The van der Waals surface area contributed by atoms with Crippen molar-refractivity contribution in [2.45, 2.75) is 76.9 Å². The minimum atomic E-state index is 0.444. The molecule has 104 valence electrons. The van der Waals surface area contributed by atoms with Crippen molar-refractivity contribution < 1.29 is 0 Å².